The number of aryl methyl sites for hydroxylation is 1. The van der Waals surface area contributed by atoms with Crippen molar-refractivity contribution < 1.29 is 13.2 Å². The highest BCUT2D eigenvalue weighted by Crippen LogP contribution is 2.21. The molecule has 0 spiro atoms. The Morgan fingerprint density at radius 3 is 2.56 bits per heavy atom. The van der Waals surface area contributed by atoms with Crippen LogP contribution >= 0.6 is 11.5 Å². The molecule has 0 atom stereocenters. The molecule has 2 aromatic rings. The summed E-state index contributed by atoms with van der Waals surface area (Å²) in [7, 11) is -3.48. The van der Waals surface area contributed by atoms with Gasteiger partial charge < -0.3 is 4.90 Å². The molecule has 1 aliphatic rings. The van der Waals surface area contributed by atoms with Crippen molar-refractivity contribution in [2.45, 2.75) is 24.7 Å². The van der Waals surface area contributed by atoms with Crippen molar-refractivity contribution in [3.05, 3.63) is 40.9 Å². The van der Waals surface area contributed by atoms with E-state index in [1.807, 2.05) is 0 Å². The second kappa shape index (κ2) is 7.59. The lowest BCUT2D eigenvalue weighted by atomic mass is 9.97. The minimum Gasteiger partial charge on any atom is -0.338 e. The third kappa shape index (κ3) is 4.23. The number of nitrogens with zero attached hydrogens (tertiary/aromatic N) is 3. The van der Waals surface area contributed by atoms with E-state index in [9.17, 15) is 13.2 Å². The van der Waals surface area contributed by atoms with Gasteiger partial charge in [0.2, 0.25) is 10.0 Å². The molecule has 1 amide bonds. The standard InChI is InChI=1S/C16H20N4O3S2/c1-12-15(24-19-18-12)16(21)20-9-7-13(8-10-20)11-17-25(22,23)14-5-3-2-4-6-14/h2-6,13,17H,7-11H2,1H3. The van der Waals surface area contributed by atoms with E-state index < -0.39 is 10.0 Å². The summed E-state index contributed by atoms with van der Waals surface area (Å²) in [6.07, 6.45) is 1.54. The Labute approximate surface area is 151 Å². The molecule has 0 saturated carbocycles. The van der Waals surface area contributed by atoms with E-state index in [4.69, 9.17) is 0 Å². The molecule has 9 heteroatoms. The topological polar surface area (TPSA) is 92.3 Å². The number of nitrogens with one attached hydrogen (secondary N) is 1. The molecule has 0 bridgehead atoms. The zero-order valence-electron chi connectivity index (χ0n) is 13.9. The van der Waals surface area contributed by atoms with E-state index in [0.717, 1.165) is 24.4 Å². The largest absolute Gasteiger partial charge is 0.338 e. The number of sulfonamides is 1. The highest BCUT2D eigenvalue weighted by Gasteiger charge is 2.27. The Bertz CT molecular complexity index is 828. The maximum atomic E-state index is 12.4. The Morgan fingerprint density at radius 1 is 1.28 bits per heavy atom. The quantitative estimate of drug-likeness (QED) is 0.852. The molecular formula is C16H20N4O3S2. The van der Waals surface area contributed by atoms with Crippen LogP contribution in [-0.4, -0.2) is 48.4 Å². The monoisotopic (exact) mass is 380 g/mol. The van der Waals surface area contributed by atoms with Crippen molar-refractivity contribution in [2.24, 2.45) is 5.92 Å². The summed E-state index contributed by atoms with van der Waals surface area (Å²) in [6.45, 7) is 3.41. The van der Waals surface area contributed by atoms with E-state index in [0.29, 0.717) is 30.2 Å². The molecule has 2 heterocycles. The average Bonchev–Trinajstić information content (AvgIpc) is 3.06. The summed E-state index contributed by atoms with van der Waals surface area (Å²) in [6, 6.07) is 8.35. The third-order valence-electron chi connectivity index (χ3n) is 4.36. The number of amides is 1. The molecule has 1 N–H and O–H groups in total. The van der Waals surface area contributed by atoms with Gasteiger partial charge in [-0.05, 0) is 49.3 Å². The second-order valence-corrected chi connectivity index (χ2v) is 8.61. The van der Waals surface area contributed by atoms with Gasteiger partial charge in [-0.3, -0.25) is 4.79 Å². The normalized spacial score (nSPS) is 16.1. The summed E-state index contributed by atoms with van der Waals surface area (Å²) in [5.41, 5.74) is 0.660. The molecule has 1 fully saturated rings. The second-order valence-electron chi connectivity index (χ2n) is 6.09. The molecular weight excluding hydrogens is 360 g/mol. The molecule has 0 unspecified atom stereocenters. The van der Waals surface area contributed by atoms with Gasteiger partial charge in [-0.2, -0.15) is 0 Å². The zero-order valence-corrected chi connectivity index (χ0v) is 15.5. The lowest BCUT2D eigenvalue weighted by Gasteiger charge is -2.31. The number of carbonyl (C=O) groups is 1. The molecule has 0 radical (unpaired) electrons. The van der Waals surface area contributed by atoms with Crippen molar-refractivity contribution in [3.63, 3.8) is 0 Å². The van der Waals surface area contributed by atoms with Crippen LogP contribution in [0.3, 0.4) is 0 Å². The Hall–Kier alpha value is -1.84. The first-order valence-electron chi connectivity index (χ1n) is 8.10. The van der Waals surface area contributed by atoms with Crippen molar-refractivity contribution in [3.8, 4) is 0 Å². The Morgan fingerprint density at radius 2 is 1.96 bits per heavy atom. The first-order valence-corrected chi connectivity index (χ1v) is 10.4. The smallest absolute Gasteiger partial charge is 0.267 e. The van der Waals surface area contributed by atoms with Gasteiger partial charge in [0.1, 0.15) is 4.88 Å². The first-order chi connectivity index (χ1) is 12.0. The van der Waals surface area contributed by atoms with Gasteiger partial charge >= 0.3 is 0 Å². The van der Waals surface area contributed by atoms with Gasteiger partial charge in [-0.15, -0.1) is 5.10 Å². The molecule has 25 heavy (non-hydrogen) atoms. The zero-order chi connectivity index (χ0) is 17.9. The summed E-state index contributed by atoms with van der Waals surface area (Å²) < 4.78 is 31.0. The van der Waals surface area contributed by atoms with Gasteiger partial charge in [-0.25, -0.2) is 13.1 Å². The summed E-state index contributed by atoms with van der Waals surface area (Å²) >= 11 is 1.12. The molecule has 1 aromatic heterocycles. The Balaban J connectivity index is 1.52. The van der Waals surface area contributed by atoms with E-state index in [1.165, 1.54) is 0 Å². The maximum Gasteiger partial charge on any atom is 0.267 e. The van der Waals surface area contributed by atoms with Gasteiger partial charge in [0.05, 0.1) is 10.6 Å². The number of carbonyl (C=O) groups excluding carboxylic acids is 1. The molecule has 1 saturated heterocycles. The number of aromatic nitrogens is 2. The van der Waals surface area contributed by atoms with Crippen LogP contribution in [0, 0.1) is 12.8 Å². The van der Waals surface area contributed by atoms with Crippen LogP contribution in [-0.2, 0) is 10.0 Å². The lowest BCUT2D eigenvalue weighted by Crippen LogP contribution is -2.41. The molecule has 7 nitrogen and oxygen atoms in total. The molecule has 3 rings (SSSR count). The first kappa shape index (κ1) is 18.0. The van der Waals surface area contributed by atoms with Crippen LogP contribution in [0.5, 0.6) is 0 Å². The predicted molar refractivity (Wildman–Crippen MR) is 94.9 cm³/mol. The highest BCUT2D eigenvalue weighted by atomic mass is 32.2. The van der Waals surface area contributed by atoms with Gasteiger partial charge in [0.25, 0.3) is 5.91 Å². The SMILES string of the molecule is Cc1nnsc1C(=O)N1CCC(CNS(=O)(=O)c2ccccc2)CC1. The number of hydrogen-bond donors (Lipinski definition) is 1. The van der Waals surface area contributed by atoms with Gasteiger partial charge in [0.15, 0.2) is 0 Å². The fourth-order valence-corrected chi connectivity index (χ4v) is 4.58. The number of benzene rings is 1. The summed E-state index contributed by atoms with van der Waals surface area (Å²) in [5.74, 6) is 0.194. The molecule has 0 aliphatic carbocycles. The highest BCUT2D eigenvalue weighted by molar-refractivity contribution is 7.89. The summed E-state index contributed by atoms with van der Waals surface area (Å²) in [5, 5.41) is 3.88. The van der Waals surface area contributed by atoms with E-state index >= 15 is 0 Å². The van der Waals surface area contributed by atoms with Gasteiger partial charge in [-0.1, -0.05) is 22.7 Å². The average molecular weight is 380 g/mol. The van der Waals surface area contributed by atoms with Crippen molar-refractivity contribution >= 4 is 27.5 Å². The van der Waals surface area contributed by atoms with Crippen LogP contribution in [0.25, 0.3) is 0 Å². The van der Waals surface area contributed by atoms with Crippen molar-refractivity contribution in [1.82, 2.24) is 19.2 Å². The number of piperidine rings is 1. The number of rotatable bonds is 5. The minimum absolute atomic E-state index is 0.0317. The van der Waals surface area contributed by atoms with Crippen LogP contribution in [0.2, 0.25) is 0 Å². The Kier molecular flexibility index (Phi) is 5.45. The molecule has 134 valence electrons. The van der Waals surface area contributed by atoms with E-state index in [1.54, 1.807) is 42.2 Å². The third-order valence-corrected chi connectivity index (χ3v) is 6.62. The van der Waals surface area contributed by atoms with Gasteiger partial charge in [0, 0.05) is 19.6 Å². The minimum atomic E-state index is -3.48. The number of likely N-dealkylation sites (tertiary alicyclic amines) is 1. The molecule has 1 aliphatic heterocycles. The van der Waals surface area contributed by atoms with Crippen LogP contribution in [0.15, 0.2) is 35.2 Å². The fourth-order valence-electron chi connectivity index (χ4n) is 2.82. The van der Waals surface area contributed by atoms with Crippen LogP contribution in [0.4, 0.5) is 0 Å². The van der Waals surface area contributed by atoms with Crippen molar-refractivity contribution in [2.75, 3.05) is 19.6 Å². The summed E-state index contributed by atoms with van der Waals surface area (Å²) in [4.78, 5) is 15.1. The fraction of sp³-hybridized carbons (Fsp3) is 0.438. The van der Waals surface area contributed by atoms with E-state index in [2.05, 4.69) is 14.3 Å². The predicted octanol–water partition coefficient (Wildman–Crippen LogP) is 1.68. The molecule has 1 aromatic carbocycles. The number of hydrogen-bond acceptors (Lipinski definition) is 6. The lowest BCUT2D eigenvalue weighted by molar-refractivity contribution is 0.0696. The van der Waals surface area contributed by atoms with Crippen molar-refractivity contribution in [1.29, 1.82) is 0 Å². The van der Waals surface area contributed by atoms with Crippen LogP contribution in [0.1, 0.15) is 28.2 Å². The van der Waals surface area contributed by atoms with E-state index in [-0.39, 0.29) is 16.7 Å². The maximum absolute atomic E-state index is 12.4. The van der Waals surface area contributed by atoms with Crippen LogP contribution < -0.4 is 4.72 Å².